The van der Waals surface area contributed by atoms with E-state index >= 15 is 0 Å². The summed E-state index contributed by atoms with van der Waals surface area (Å²) >= 11 is 0. The van der Waals surface area contributed by atoms with E-state index in [0.717, 1.165) is 12.0 Å². The third kappa shape index (κ3) is 3.06. The van der Waals surface area contributed by atoms with Crippen molar-refractivity contribution in [2.45, 2.75) is 38.6 Å². The first kappa shape index (κ1) is 12.9. The van der Waals surface area contributed by atoms with Crippen molar-refractivity contribution in [3.8, 4) is 0 Å². The molecule has 0 radical (unpaired) electrons. The first-order chi connectivity index (χ1) is 8.81. The van der Waals surface area contributed by atoms with Gasteiger partial charge in [-0.3, -0.25) is 9.80 Å². The third-order valence-electron chi connectivity index (χ3n) is 5.20. The fourth-order valence-corrected chi connectivity index (χ4v) is 3.80. The Kier molecular flexibility index (Phi) is 4.22. The molecule has 3 nitrogen and oxygen atoms in total. The van der Waals surface area contributed by atoms with Crippen molar-refractivity contribution in [1.29, 1.82) is 0 Å². The lowest BCUT2D eigenvalue weighted by Gasteiger charge is -2.45. The monoisotopic (exact) mass is 251 g/mol. The number of nitrogens with zero attached hydrogens (tertiary/aromatic N) is 3. The number of hydrogen-bond donors (Lipinski definition) is 0. The first-order valence-electron chi connectivity index (χ1n) is 8.00. The van der Waals surface area contributed by atoms with E-state index in [9.17, 15) is 0 Å². The highest BCUT2D eigenvalue weighted by atomic mass is 15.3. The van der Waals surface area contributed by atoms with Crippen molar-refractivity contribution in [3.05, 3.63) is 0 Å². The zero-order chi connectivity index (χ0) is 12.4. The van der Waals surface area contributed by atoms with Crippen molar-refractivity contribution >= 4 is 0 Å². The van der Waals surface area contributed by atoms with Crippen LogP contribution in [0.4, 0.5) is 0 Å². The minimum absolute atomic E-state index is 0.931. The highest BCUT2D eigenvalue weighted by Crippen LogP contribution is 2.31. The van der Waals surface area contributed by atoms with E-state index < -0.39 is 0 Å². The molecule has 0 aromatic heterocycles. The van der Waals surface area contributed by atoms with Gasteiger partial charge in [0.15, 0.2) is 0 Å². The highest BCUT2D eigenvalue weighted by Gasteiger charge is 2.32. The summed E-state index contributed by atoms with van der Waals surface area (Å²) in [6, 6.07) is 0.931. The lowest BCUT2D eigenvalue weighted by molar-refractivity contribution is 0.0359. The average molecular weight is 251 g/mol. The standard InChI is InChI=1S/C15H29N3/c1-14-12-15(13-14)18-10-8-17(9-11-18)7-6-16-4-2-3-5-16/h14-15H,2-13H2,1H3. The van der Waals surface area contributed by atoms with Crippen LogP contribution < -0.4 is 0 Å². The van der Waals surface area contributed by atoms with Crippen molar-refractivity contribution in [3.63, 3.8) is 0 Å². The number of hydrogen-bond acceptors (Lipinski definition) is 3. The summed E-state index contributed by atoms with van der Waals surface area (Å²) in [7, 11) is 0. The van der Waals surface area contributed by atoms with Crippen LogP contribution in [0.5, 0.6) is 0 Å². The van der Waals surface area contributed by atoms with Crippen LogP contribution in [0.15, 0.2) is 0 Å². The molecule has 2 saturated heterocycles. The fourth-order valence-electron chi connectivity index (χ4n) is 3.80. The molecular formula is C15H29N3. The molecule has 0 N–H and O–H groups in total. The summed E-state index contributed by atoms with van der Waals surface area (Å²) in [5.41, 5.74) is 0. The van der Waals surface area contributed by atoms with Crippen LogP contribution in [-0.4, -0.2) is 73.1 Å². The van der Waals surface area contributed by atoms with Gasteiger partial charge in [-0.25, -0.2) is 0 Å². The van der Waals surface area contributed by atoms with Crippen LogP contribution >= 0.6 is 0 Å². The number of likely N-dealkylation sites (tertiary alicyclic amines) is 1. The Labute approximate surface area is 112 Å². The van der Waals surface area contributed by atoms with Gasteiger partial charge in [-0.15, -0.1) is 0 Å². The molecule has 104 valence electrons. The van der Waals surface area contributed by atoms with Crippen LogP contribution in [0.25, 0.3) is 0 Å². The maximum atomic E-state index is 2.74. The molecule has 1 saturated carbocycles. The zero-order valence-corrected chi connectivity index (χ0v) is 12.0. The van der Waals surface area contributed by atoms with Crippen LogP contribution in [-0.2, 0) is 0 Å². The predicted octanol–water partition coefficient (Wildman–Crippen LogP) is 1.50. The molecule has 0 bridgehead atoms. The molecule has 0 spiro atoms. The minimum Gasteiger partial charge on any atom is -0.302 e. The summed E-state index contributed by atoms with van der Waals surface area (Å²) < 4.78 is 0. The minimum atomic E-state index is 0.931. The highest BCUT2D eigenvalue weighted by molar-refractivity contribution is 4.87. The van der Waals surface area contributed by atoms with Gasteiger partial charge in [-0.05, 0) is 44.7 Å². The van der Waals surface area contributed by atoms with E-state index in [-0.39, 0.29) is 0 Å². The average Bonchev–Trinajstić information content (AvgIpc) is 2.86. The van der Waals surface area contributed by atoms with Crippen molar-refractivity contribution in [2.24, 2.45) is 5.92 Å². The third-order valence-corrected chi connectivity index (χ3v) is 5.20. The number of rotatable bonds is 4. The normalized spacial score (nSPS) is 35.8. The van der Waals surface area contributed by atoms with E-state index in [2.05, 4.69) is 21.6 Å². The van der Waals surface area contributed by atoms with Crippen molar-refractivity contribution in [1.82, 2.24) is 14.7 Å². The Morgan fingerprint density at radius 2 is 1.33 bits per heavy atom. The van der Waals surface area contributed by atoms with Gasteiger partial charge in [-0.2, -0.15) is 0 Å². The van der Waals surface area contributed by atoms with Crippen LogP contribution in [0.2, 0.25) is 0 Å². The molecule has 2 heterocycles. The second kappa shape index (κ2) is 5.89. The summed E-state index contributed by atoms with van der Waals surface area (Å²) in [6.45, 7) is 12.9. The maximum absolute atomic E-state index is 2.74. The van der Waals surface area contributed by atoms with E-state index in [1.165, 1.54) is 78.0 Å². The molecule has 3 heteroatoms. The molecule has 18 heavy (non-hydrogen) atoms. The van der Waals surface area contributed by atoms with Crippen LogP contribution in [0.3, 0.4) is 0 Å². The summed E-state index contributed by atoms with van der Waals surface area (Å²) in [5, 5.41) is 0. The molecule has 0 atom stereocenters. The van der Waals surface area contributed by atoms with E-state index in [1.807, 2.05) is 0 Å². The molecule has 0 aromatic carbocycles. The summed E-state index contributed by atoms with van der Waals surface area (Å²) in [4.78, 5) is 8.06. The van der Waals surface area contributed by atoms with Gasteiger partial charge in [0.05, 0.1) is 0 Å². The topological polar surface area (TPSA) is 9.72 Å². The van der Waals surface area contributed by atoms with Gasteiger partial charge in [0, 0.05) is 45.3 Å². The lowest BCUT2D eigenvalue weighted by atomic mass is 9.80. The Bertz CT molecular complexity index is 248. The van der Waals surface area contributed by atoms with Gasteiger partial charge in [0.2, 0.25) is 0 Å². The van der Waals surface area contributed by atoms with Gasteiger partial charge < -0.3 is 4.90 Å². The first-order valence-corrected chi connectivity index (χ1v) is 8.00. The molecule has 3 fully saturated rings. The van der Waals surface area contributed by atoms with Crippen LogP contribution in [0, 0.1) is 5.92 Å². The Morgan fingerprint density at radius 1 is 0.778 bits per heavy atom. The number of piperazine rings is 1. The second-order valence-corrected chi connectivity index (χ2v) is 6.66. The Balaban J connectivity index is 1.32. The van der Waals surface area contributed by atoms with E-state index in [0.29, 0.717) is 0 Å². The zero-order valence-electron chi connectivity index (χ0n) is 12.0. The summed E-state index contributed by atoms with van der Waals surface area (Å²) in [5.74, 6) is 0.989. The van der Waals surface area contributed by atoms with Gasteiger partial charge in [0.1, 0.15) is 0 Å². The molecule has 2 aliphatic heterocycles. The fraction of sp³-hybridized carbons (Fsp3) is 1.00. The van der Waals surface area contributed by atoms with E-state index in [1.54, 1.807) is 0 Å². The van der Waals surface area contributed by atoms with Gasteiger partial charge in [0.25, 0.3) is 0 Å². The lowest BCUT2D eigenvalue weighted by Crippen LogP contribution is -2.54. The van der Waals surface area contributed by atoms with Gasteiger partial charge in [-0.1, -0.05) is 6.92 Å². The maximum Gasteiger partial charge on any atom is 0.0113 e. The van der Waals surface area contributed by atoms with Crippen molar-refractivity contribution < 1.29 is 0 Å². The van der Waals surface area contributed by atoms with Crippen LogP contribution in [0.1, 0.15) is 32.6 Å². The van der Waals surface area contributed by atoms with Crippen molar-refractivity contribution in [2.75, 3.05) is 52.4 Å². The largest absolute Gasteiger partial charge is 0.302 e. The molecule has 0 aromatic rings. The Morgan fingerprint density at radius 3 is 1.89 bits per heavy atom. The molecule has 0 unspecified atom stereocenters. The summed E-state index contributed by atoms with van der Waals surface area (Å²) in [6.07, 6.45) is 5.75. The second-order valence-electron chi connectivity index (χ2n) is 6.66. The molecular weight excluding hydrogens is 222 g/mol. The molecule has 3 rings (SSSR count). The quantitative estimate of drug-likeness (QED) is 0.750. The predicted molar refractivity (Wildman–Crippen MR) is 75.9 cm³/mol. The SMILES string of the molecule is CC1CC(N2CCN(CCN3CCCC3)CC2)C1. The smallest absolute Gasteiger partial charge is 0.0113 e. The Hall–Kier alpha value is -0.120. The molecule has 1 aliphatic carbocycles. The molecule has 3 aliphatic rings. The van der Waals surface area contributed by atoms with E-state index in [4.69, 9.17) is 0 Å². The molecule has 0 amide bonds. The van der Waals surface area contributed by atoms with Gasteiger partial charge >= 0.3 is 0 Å².